The fourth-order valence-corrected chi connectivity index (χ4v) is 2.73. The Morgan fingerprint density at radius 2 is 1.65 bits per heavy atom. The first kappa shape index (κ1) is 17.9. The lowest BCUT2D eigenvalue weighted by atomic mass is 10.1. The molecular formula is C21H24N2O3. The highest BCUT2D eigenvalue weighted by Gasteiger charge is 2.12. The second-order valence-electron chi connectivity index (χ2n) is 6.18. The minimum atomic E-state index is -0.164. The average molecular weight is 352 g/mol. The first-order valence-corrected chi connectivity index (χ1v) is 8.93. The van der Waals surface area contributed by atoms with Gasteiger partial charge in [-0.15, -0.1) is 0 Å². The molecule has 0 atom stereocenters. The van der Waals surface area contributed by atoms with Gasteiger partial charge in [0.05, 0.1) is 0 Å². The number of anilines is 1. The lowest BCUT2D eigenvalue weighted by molar-refractivity contribution is 0.174. The van der Waals surface area contributed by atoms with Crippen molar-refractivity contribution in [2.75, 3.05) is 12.1 Å². The number of benzene rings is 2. The van der Waals surface area contributed by atoms with E-state index in [1.54, 1.807) is 0 Å². The average Bonchev–Trinajstić information content (AvgIpc) is 3.13. The maximum Gasteiger partial charge on any atom is 0.319 e. The van der Waals surface area contributed by atoms with E-state index in [9.17, 15) is 4.79 Å². The van der Waals surface area contributed by atoms with Crippen LogP contribution in [0.4, 0.5) is 10.5 Å². The van der Waals surface area contributed by atoms with E-state index in [-0.39, 0.29) is 18.9 Å². The number of hydrogen-bond acceptors (Lipinski definition) is 3. The summed E-state index contributed by atoms with van der Waals surface area (Å²) in [5, 5.41) is 5.83. The molecule has 1 heterocycles. The van der Waals surface area contributed by atoms with Gasteiger partial charge < -0.3 is 20.1 Å². The van der Waals surface area contributed by atoms with Crippen molar-refractivity contribution in [1.29, 1.82) is 0 Å². The van der Waals surface area contributed by atoms with Crippen molar-refractivity contribution in [2.45, 2.75) is 32.7 Å². The summed E-state index contributed by atoms with van der Waals surface area (Å²) in [5.74, 6) is 1.56. The van der Waals surface area contributed by atoms with Gasteiger partial charge in [0.2, 0.25) is 6.79 Å². The number of rotatable bonds is 6. The third-order valence-corrected chi connectivity index (χ3v) is 4.35. The molecule has 3 rings (SSSR count). The monoisotopic (exact) mass is 352 g/mol. The quantitative estimate of drug-likeness (QED) is 0.727. The molecule has 2 aromatic carbocycles. The first-order valence-electron chi connectivity index (χ1n) is 8.93. The Morgan fingerprint density at radius 1 is 1.00 bits per heavy atom. The van der Waals surface area contributed by atoms with E-state index < -0.39 is 0 Å². The lowest BCUT2D eigenvalue weighted by Gasteiger charge is -2.15. The molecule has 0 spiro atoms. The van der Waals surface area contributed by atoms with Crippen LogP contribution >= 0.6 is 0 Å². The largest absolute Gasteiger partial charge is 0.454 e. The molecule has 5 nitrogen and oxygen atoms in total. The van der Waals surface area contributed by atoms with Crippen molar-refractivity contribution in [2.24, 2.45) is 0 Å². The van der Waals surface area contributed by atoms with E-state index in [4.69, 9.17) is 9.47 Å². The molecule has 26 heavy (non-hydrogen) atoms. The molecule has 2 aromatic rings. The predicted octanol–water partition coefficient (Wildman–Crippen LogP) is 4.90. The fraction of sp³-hybridized carbons (Fsp3) is 0.286. The molecule has 2 amide bonds. The molecule has 0 unspecified atom stereocenters. The molecule has 1 aliphatic heterocycles. The summed E-state index contributed by atoms with van der Waals surface area (Å²) in [6, 6.07) is 13.6. The van der Waals surface area contributed by atoms with E-state index in [0.29, 0.717) is 0 Å². The Bertz CT molecular complexity index is 780. The van der Waals surface area contributed by atoms with Crippen molar-refractivity contribution in [3.8, 4) is 11.5 Å². The highest BCUT2D eigenvalue weighted by atomic mass is 16.7. The van der Waals surface area contributed by atoms with Gasteiger partial charge in [-0.05, 0) is 48.2 Å². The molecular weight excluding hydrogens is 328 g/mol. The number of hydrogen-bond donors (Lipinski definition) is 2. The molecule has 0 bridgehead atoms. The van der Waals surface area contributed by atoms with Crippen LogP contribution in [0.3, 0.4) is 0 Å². The van der Waals surface area contributed by atoms with E-state index in [1.165, 1.54) is 0 Å². The third kappa shape index (κ3) is 4.57. The van der Waals surface area contributed by atoms with Gasteiger partial charge in [0, 0.05) is 11.7 Å². The summed E-state index contributed by atoms with van der Waals surface area (Å²) in [5.41, 5.74) is 2.86. The normalized spacial score (nSPS) is 12.6. The van der Waals surface area contributed by atoms with Gasteiger partial charge in [0.25, 0.3) is 0 Å². The predicted molar refractivity (Wildman–Crippen MR) is 104 cm³/mol. The zero-order chi connectivity index (χ0) is 18.4. The molecule has 0 saturated heterocycles. The number of ether oxygens (including phenoxy) is 2. The second-order valence-corrected chi connectivity index (χ2v) is 6.18. The molecule has 1 aliphatic rings. The van der Waals surface area contributed by atoms with Crippen LogP contribution in [0.1, 0.15) is 37.8 Å². The topological polar surface area (TPSA) is 59.6 Å². The number of carbonyl (C=O) groups excluding carboxylic acids is 1. The van der Waals surface area contributed by atoms with Crippen molar-refractivity contribution >= 4 is 23.9 Å². The van der Waals surface area contributed by atoms with Gasteiger partial charge in [0.15, 0.2) is 11.5 Å². The van der Waals surface area contributed by atoms with Crippen LogP contribution in [0.15, 0.2) is 42.5 Å². The van der Waals surface area contributed by atoms with E-state index >= 15 is 0 Å². The van der Waals surface area contributed by atoms with Crippen LogP contribution in [-0.4, -0.2) is 18.9 Å². The van der Waals surface area contributed by atoms with Gasteiger partial charge >= 0.3 is 6.03 Å². The first-order chi connectivity index (χ1) is 12.7. The summed E-state index contributed by atoms with van der Waals surface area (Å²) >= 11 is 0. The zero-order valence-corrected chi connectivity index (χ0v) is 15.1. The van der Waals surface area contributed by atoms with Crippen LogP contribution < -0.4 is 20.1 Å². The summed E-state index contributed by atoms with van der Waals surface area (Å²) in [4.78, 5) is 12.0. The number of urea groups is 1. The van der Waals surface area contributed by atoms with Crippen molar-refractivity contribution in [3.05, 3.63) is 53.6 Å². The van der Waals surface area contributed by atoms with Gasteiger partial charge in [-0.1, -0.05) is 44.2 Å². The Hall–Kier alpha value is -2.95. The molecule has 136 valence electrons. The summed E-state index contributed by atoms with van der Waals surface area (Å²) < 4.78 is 10.7. The molecule has 5 heteroatoms. The van der Waals surface area contributed by atoms with E-state index in [1.807, 2.05) is 54.6 Å². The minimum absolute atomic E-state index is 0.164. The Balaban J connectivity index is 1.58. The number of fused-ring (bicyclic) bond motifs is 1. The van der Waals surface area contributed by atoms with Gasteiger partial charge in [0.1, 0.15) is 0 Å². The number of amides is 2. The van der Waals surface area contributed by atoms with Crippen LogP contribution in [-0.2, 0) is 0 Å². The Morgan fingerprint density at radius 3 is 2.38 bits per heavy atom. The molecule has 0 aliphatic carbocycles. The minimum Gasteiger partial charge on any atom is -0.454 e. The van der Waals surface area contributed by atoms with Crippen molar-refractivity contribution in [1.82, 2.24) is 5.32 Å². The SMILES string of the molecule is CCC(CC)NC(=O)Nc1ccc(/C=C/c2ccc3c(c2)OCO3)cc1. The third-order valence-electron chi connectivity index (χ3n) is 4.35. The van der Waals surface area contributed by atoms with Gasteiger partial charge in [-0.2, -0.15) is 0 Å². The fourth-order valence-electron chi connectivity index (χ4n) is 2.73. The summed E-state index contributed by atoms with van der Waals surface area (Å²) in [6.45, 7) is 4.41. The van der Waals surface area contributed by atoms with Crippen LogP contribution in [0.2, 0.25) is 0 Å². The summed E-state index contributed by atoms with van der Waals surface area (Å²) in [6.07, 6.45) is 5.89. The number of carbonyl (C=O) groups is 1. The van der Waals surface area contributed by atoms with E-state index in [2.05, 4.69) is 24.5 Å². The zero-order valence-electron chi connectivity index (χ0n) is 15.1. The van der Waals surface area contributed by atoms with Crippen LogP contribution in [0, 0.1) is 0 Å². The van der Waals surface area contributed by atoms with Crippen LogP contribution in [0.5, 0.6) is 11.5 Å². The summed E-state index contributed by atoms with van der Waals surface area (Å²) in [7, 11) is 0. The molecule has 0 saturated carbocycles. The molecule has 0 radical (unpaired) electrons. The second kappa shape index (κ2) is 8.43. The number of nitrogens with one attached hydrogen (secondary N) is 2. The lowest BCUT2D eigenvalue weighted by Crippen LogP contribution is -2.37. The van der Waals surface area contributed by atoms with Gasteiger partial charge in [-0.3, -0.25) is 0 Å². The van der Waals surface area contributed by atoms with Crippen molar-refractivity contribution in [3.63, 3.8) is 0 Å². The Kier molecular flexibility index (Phi) is 5.79. The maximum absolute atomic E-state index is 12.0. The van der Waals surface area contributed by atoms with Gasteiger partial charge in [-0.25, -0.2) is 4.79 Å². The standard InChI is InChI=1S/C21H24N2O3/c1-3-17(4-2)22-21(24)23-18-10-7-15(8-11-18)5-6-16-9-12-19-20(13-16)26-14-25-19/h5-13,17H,3-4,14H2,1-2H3,(H2,22,23,24)/b6-5+. The molecule has 2 N–H and O–H groups in total. The van der Waals surface area contributed by atoms with Crippen molar-refractivity contribution < 1.29 is 14.3 Å². The highest BCUT2D eigenvalue weighted by Crippen LogP contribution is 2.32. The Labute approximate surface area is 154 Å². The highest BCUT2D eigenvalue weighted by molar-refractivity contribution is 5.89. The smallest absolute Gasteiger partial charge is 0.319 e. The van der Waals surface area contributed by atoms with Crippen LogP contribution in [0.25, 0.3) is 12.2 Å². The van der Waals surface area contributed by atoms with E-state index in [0.717, 1.165) is 41.2 Å². The maximum atomic E-state index is 12.0. The molecule has 0 fully saturated rings. The molecule has 0 aromatic heterocycles.